The van der Waals surface area contributed by atoms with Gasteiger partial charge in [-0.25, -0.2) is 4.98 Å². The average molecular weight is 246 g/mol. The lowest BCUT2D eigenvalue weighted by Crippen LogP contribution is -2.10. The van der Waals surface area contributed by atoms with E-state index >= 15 is 0 Å². The van der Waals surface area contributed by atoms with Gasteiger partial charge >= 0.3 is 0 Å². The van der Waals surface area contributed by atoms with Gasteiger partial charge in [-0.1, -0.05) is 18.2 Å². The van der Waals surface area contributed by atoms with Crippen LogP contribution in [0, 0.1) is 0 Å². The van der Waals surface area contributed by atoms with Gasteiger partial charge in [0.05, 0.1) is 24.7 Å². The molecule has 2 rings (SSSR count). The van der Waals surface area contributed by atoms with Crippen molar-refractivity contribution < 1.29 is 14.6 Å². The summed E-state index contributed by atoms with van der Waals surface area (Å²) in [6, 6.07) is 9.53. The van der Waals surface area contributed by atoms with Crippen molar-refractivity contribution in [3.05, 3.63) is 48.4 Å². The molecule has 0 saturated heterocycles. The molecule has 2 aromatic rings. The van der Waals surface area contributed by atoms with Crippen molar-refractivity contribution in [1.82, 2.24) is 9.97 Å². The van der Waals surface area contributed by atoms with E-state index in [9.17, 15) is 0 Å². The third-order valence-corrected chi connectivity index (χ3v) is 2.19. The number of nitrogens with zero attached hydrogens (tertiary/aromatic N) is 2. The Bertz CT molecular complexity index is 459. The van der Waals surface area contributed by atoms with Crippen LogP contribution in [0.1, 0.15) is 5.69 Å². The minimum atomic E-state index is -0.121. The third-order valence-electron chi connectivity index (χ3n) is 2.19. The maximum atomic E-state index is 8.81. The molecule has 1 aromatic heterocycles. The van der Waals surface area contributed by atoms with Gasteiger partial charge in [-0.15, -0.1) is 0 Å². The molecule has 0 aliphatic rings. The van der Waals surface area contributed by atoms with Gasteiger partial charge in [0, 0.05) is 0 Å². The number of ether oxygens (including phenoxy) is 2. The molecule has 0 amide bonds. The van der Waals surface area contributed by atoms with E-state index in [-0.39, 0.29) is 6.61 Å². The summed E-state index contributed by atoms with van der Waals surface area (Å²) in [5.74, 6) is 1.23. The van der Waals surface area contributed by atoms with E-state index in [4.69, 9.17) is 14.6 Å². The summed E-state index contributed by atoms with van der Waals surface area (Å²) in [4.78, 5) is 7.95. The highest BCUT2D eigenvalue weighted by molar-refractivity contribution is 5.20. The third kappa shape index (κ3) is 3.71. The van der Waals surface area contributed by atoms with E-state index in [2.05, 4.69) is 9.97 Å². The number of aromatic nitrogens is 2. The van der Waals surface area contributed by atoms with E-state index < -0.39 is 0 Å². The SMILES string of the molecule is OCc1cnc(OCCOc2ccccc2)cn1. The minimum Gasteiger partial charge on any atom is -0.490 e. The molecule has 18 heavy (non-hydrogen) atoms. The predicted molar refractivity (Wildman–Crippen MR) is 65.4 cm³/mol. The highest BCUT2D eigenvalue weighted by Crippen LogP contribution is 2.08. The first-order chi connectivity index (χ1) is 8.88. The maximum absolute atomic E-state index is 8.81. The zero-order valence-corrected chi connectivity index (χ0v) is 9.82. The number of aliphatic hydroxyl groups is 1. The van der Waals surface area contributed by atoms with Crippen molar-refractivity contribution in [2.75, 3.05) is 13.2 Å². The second-order valence-corrected chi connectivity index (χ2v) is 3.51. The largest absolute Gasteiger partial charge is 0.490 e. The van der Waals surface area contributed by atoms with Crippen LogP contribution in [0.25, 0.3) is 0 Å². The Morgan fingerprint density at radius 1 is 0.944 bits per heavy atom. The lowest BCUT2D eigenvalue weighted by molar-refractivity contribution is 0.210. The van der Waals surface area contributed by atoms with Crippen LogP contribution >= 0.6 is 0 Å². The quantitative estimate of drug-likeness (QED) is 0.781. The molecule has 1 N–H and O–H groups in total. The summed E-state index contributed by atoms with van der Waals surface area (Å²) >= 11 is 0. The summed E-state index contributed by atoms with van der Waals surface area (Å²) in [6.45, 7) is 0.708. The Morgan fingerprint density at radius 2 is 1.72 bits per heavy atom. The molecule has 1 heterocycles. The molecule has 94 valence electrons. The molecule has 0 fully saturated rings. The van der Waals surface area contributed by atoms with Crippen LogP contribution in [0.4, 0.5) is 0 Å². The lowest BCUT2D eigenvalue weighted by atomic mass is 10.3. The summed E-state index contributed by atoms with van der Waals surface area (Å²) < 4.78 is 10.8. The summed E-state index contributed by atoms with van der Waals surface area (Å²) in [5.41, 5.74) is 0.517. The van der Waals surface area contributed by atoms with Gasteiger partial charge in [0.25, 0.3) is 0 Å². The molecule has 0 saturated carbocycles. The average Bonchev–Trinajstić information content (AvgIpc) is 2.45. The van der Waals surface area contributed by atoms with Crippen LogP contribution < -0.4 is 9.47 Å². The highest BCUT2D eigenvalue weighted by Gasteiger charge is 1.98. The number of hydrogen-bond acceptors (Lipinski definition) is 5. The molecule has 0 aliphatic carbocycles. The fourth-order valence-electron chi connectivity index (χ4n) is 1.32. The lowest BCUT2D eigenvalue weighted by Gasteiger charge is -2.07. The van der Waals surface area contributed by atoms with Crippen LogP contribution in [-0.2, 0) is 6.61 Å². The number of para-hydroxylation sites is 1. The Labute approximate surface area is 105 Å². The Balaban J connectivity index is 1.72. The van der Waals surface area contributed by atoms with Crippen molar-refractivity contribution in [3.8, 4) is 11.6 Å². The second-order valence-electron chi connectivity index (χ2n) is 3.51. The fraction of sp³-hybridized carbons (Fsp3) is 0.231. The Hall–Kier alpha value is -2.14. The van der Waals surface area contributed by atoms with Crippen LogP contribution in [0.3, 0.4) is 0 Å². The number of hydrogen-bond donors (Lipinski definition) is 1. The van der Waals surface area contributed by atoms with E-state index in [1.165, 1.54) is 12.4 Å². The van der Waals surface area contributed by atoms with Crippen molar-refractivity contribution in [1.29, 1.82) is 0 Å². The van der Waals surface area contributed by atoms with Gasteiger partial charge in [-0.05, 0) is 12.1 Å². The topological polar surface area (TPSA) is 64.5 Å². The van der Waals surface area contributed by atoms with E-state index in [0.29, 0.717) is 24.8 Å². The summed E-state index contributed by atoms with van der Waals surface area (Å²) in [6.07, 6.45) is 2.96. The molecule has 0 spiro atoms. The van der Waals surface area contributed by atoms with E-state index in [1.807, 2.05) is 30.3 Å². The summed E-state index contributed by atoms with van der Waals surface area (Å²) in [7, 11) is 0. The first kappa shape index (κ1) is 12.3. The molecule has 1 aromatic carbocycles. The molecule has 0 radical (unpaired) electrons. The highest BCUT2D eigenvalue weighted by atomic mass is 16.5. The van der Waals surface area contributed by atoms with Gasteiger partial charge in [0.1, 0.15) is 19.0 Å². The van der Waals surface area contributed by atoms with Gasteiger partial charge in [-0.3, -0.25) is 4.98 Å². The molecule has 5 nitrogen and oxygen atoms in total. The van der Waals surface area contributed by atoms with E-state index in [1.54, 1.807) is 0 Å². The van der Waals surface area contributed by atoms with Crippen molar-refractivity contribution in [2.24, 2.45) is 0 Å². The van der Waals surface area contributed by atoms with Gasteiger partial charge in [0.2, 0.25) is 5.88 Å². The Morgan fingerprint density at radius 3 is 2.39 bits per heavy atom. The molecular formula is C13H14N2O3. The standard InChI is InChI=1S/C13H14N2O3/c16-10-11-8-15-13(9-14-11)18-7-6-17-12-4-2-1-3-5-12/h1-5,8-9,16H,6-7,10H2. The number of rotatable bonds is 6. The maximum Gasteiger partial charge on any atom is 0.232 e. The first-order valence-electron chi connectivity index (χ1n) is 5.61. The molecule has 0 atom stereocenters. The normalized spacial score (nSPS) is 10.1. The molecule has 0 aliphatic heterocycles. The van der Waals surface area contributed by atoms with Crippen LogP contribution in [0.5, 0.6) is 11.6 Å². The van der Waals surface area contributed by atoms with Crippen LogP contribution in [0.2, 0.25) is 0 Å². The predicted octanol–water partition coefficient (Wildman–Crippen LogP) is 1.43. The fourth-order valence-corrected chi connectivity index (χ4v) is 1.32. The molecular weight excluding hydrogens is 232 g/mol. The van der Waals surface area contributed by atoms with Crippen molar-refractivity contribution in [2.45, 2.75) is 6.61 Å². The second kappa shape index (κ2) is 6.56. The zero-order valence-electron chi connectivity index (χ0n) is 9.82. The smallest absolute Gasteiger partial charge is 0.232 e. The van der Waals surface area contributed by atoms with Crippen molar-refractivity contribution in [3.63, 3.8) is 0 Å². The van der Waals surface area contributed by atoms with Gasteiger partial charge < -0.3 is 14.6 Å². The van der Waals surface area contributed by atoms with Gasteiger partial charge in [0.15, 0.2) is 0 Å². The molecule has 5 heteroatoms. The van der Waals surface area contributed by atoms with Crippen LogP contribution in [-0.4, -0.2) is 28.3 Å². The van der Waals surface area contributed by atoms with E-state index in [0.717, 1.165) is 5.75 Å². The number of aliphatic hydroxyl groups excluding tert-OH is 1. The molecule has 0 unspecified atom stereocenters. The Kier molecular flexibility index (Phi) is 4.49. The molecule has 0 bridgehead atoms. The number of benzene rings is 1. The van der Waals surface area contributed by atoms with Gasteiger partial charge in [-0.2, -0.15) is 0 Å². The van der Waals surface area contributed by atoms with Crippen molar-refractivity contribution >= 4 is 0 Å². The monoisotopic (exact) mass is 246 g/mol. The first-order valence-corrected chi connectivity index (χ1v) is 5.61. The minimum absolute atomic E-state index is 0.121. The summed E-state index contributed by atoms with van der Waals surface area (Å²) in [5, 5.41) is 8.81. The zero-order chi connectivity index (χ0) is 12.6. The van der Waals surface area contributed by atoms with Crippen LogP contribution in [0.15, 0.2) is 42.7 Å².